The zero-order valence-electron chi connectivity index (χ0n) is 7.50. The minimum absolute atomic E-state index is 0.256. The highest BCUT2D eigenvalue weighted by Gasteiger charge is 2.17. The summed E-state index contributed by atoms with van der Waals surface area (Å²) in [5.74, 6) is -1.97. The van der Waals surface area contributed by atoms with E-state index in [0.717, 1.165) is 0 Å². The van der Waals surface area contributed by atoms with Gasteiger partial charge >= 0.3 is 5.97 Å². The molecule has 0 aliphatic carbocycles. The Kier molecular flexibility index (Phi) is 2.44. The Labute approximate surface area is 93.5 Å². The molecule has 0 bridgehead atoms. The van der Waals surface area contributed by atoms with Gasteiger partial charge in [-0.1, -0.05) is 24.3 Å². The number of carbonyl (C=O) groups is 1. The molecule has 0 unspecified atom stereocenters. The van der Waals surface area contributed by atoms with Gasteiger partial charge in [-0.25, -0.2) is 9.18 Å². The Morgan fingerprint density at radius 3 is 2.67 bits per heavy atom. The highest BCUT2D eigenvalue weighted by Crippen LogP contribution is 2.28. The van der Waals surface area contributed by atoms with Crippen molar-refractivity contribution in [3.8, 4) is 0 Å². The number of carboxylic acid groups (broad SMARTS) is 1. The molecule has 0 heterocycles. The van der Waals surface area contributed by atoms with E-state index < -0.39 is 11.8 Å². The second-order valence-corrected chi connectivity index (χ2v) is 3.93. The number of fused-ring (bicyclic) bond motifs is 1. The first-order valence-electron chi connectivity index (χ1n) is 4.21. The van der Waals surface area contributed by atoms with Gasteiger partial charge in [0.15, 0.2) is 0 Å². The summed E-state index contributed by atoms with van der Waals surface area (Å²) in [5.41, 5.74) is -0.325. The minimum Gasteiger partial charge on any atom is -0.478 e. The average Bonchev–Trinajstić information content (AvgIpc) is 2.17. The largest absolute Gasteiger partial charge is 0.478 e. The topological polar surface area (TPSA) is 37.3 Å². The maximum absolute atomic E-state index is 13.8. The SMILES string of the molecule is O=C(O)c1c(Br)cc2ccccc2c1F. The summed E-state index contributed by atoms with van der Waals surface area (Å²) in [7, 11) is 0. The van der Waals surface area contributed by atoms with E-state index in [4.69, 9.17) is 5.11 Å². The summed E-state index contributed by atoms with van der Waals surface area (Å²) in [5, 5.41) is 9.83. The van der Waals surface area contributed by atoms with Crippen LogP contribution in [-0.4, -0.2) is 11.1 Å². The number of benzene rings is 2. The molecule has 1 N–H and O–H groups in total. The van der Waals surface area contributed by atoms with Crippen molar-refractivity contribution >= 4 is 32.7 Å². The van der Waals surface area contributed by atoms with Gasteiger partial charge in [-0.05, 0) is 27.4 Å². The third-order valence-electron chi connectivity index (χ3n) is 2.15. The normalized spacial score (nSPS) is 10.5. The van der Waals surface area contributed by atoms with E-state index in [2.05, 4.69) is 15.9 Å². The monoisotopic (exact) mass is 268 g/mol. The van der Waals surface area contributed by atoms with Crippen LogP contribution in [0.5, 0.6) is 0 Å². The number of rotatable bonds is 1. The number of hydrogen-bond donors (Lipinski definition) is 1. The van der Waals surface area contributed by atoms with Gasteiger partial charge in [0.2, 0.25) is 0 Å². The molecule has 0 atom stereocenters. The maximum Gasteiger partial charge on any atom is 0.339 e. The summed E-state index contributed by atoms with van der Waals surface area (Å²) in [6, 6.07) is 8.33. The predicted molar refractivity (Wildman–Crippen MR) is 58.6 cm³/mol. The summed E-state index contributed by atoms with van der Waals surface area (Å²) >= 11 is 3.05. The number of carboxylic acids is 1. The van der Waals surface area contributed by atoms with E-state index in [1.54, 1.807) is 30.3 Å². The smallest absolute Gasteiger partial charge is 0.339 e. The van der Waals surface area contributed by atoms with Gasteiger partial charge in [-0.15, -0.1) is 0 Å². The van der Waals surface area contributed by atoms with Crippen LogP contribution in [-0.2, 0) is 0 Å². The lowest BCUT2D eigenvalue weighted by Crippen LogP contribution is -2.02. The second-order valence-electron chi connectivity index (χ2n) is 3.07. The third kappa shape index (κ3) is 1.61. The molecule has 2 aromatic rings. The second kappa shape index (κ2) is 3.62. The van der Waals surface area contributed by atoms with Crippen molar-refractivity contribution < 1.29 is 14.3 Å². The molecule has 0 spiro atoms. The maximum atomic E-state index is 13.8. The van der Waals surface area contributed by atoms with Crippen LogP contribution in [0.15, 0.2) is 34.8 Å². The first-order valence-corrected chi connectivity index (χ1v) is 5.00. The Bertz CT molecular complexity index is 552. The molecule has 2 nitrogen and oxygen atoms in total. The van der Waals surface area contributed by atoms with Crippen LogP contribution >= 0.6 is 15.9 Å². The molecule has 0 saturated heterocycles. The van der Waals surface area contributed by atoms with Gasteiger partial charge in [0, 0.05) is 9.86 Å². The highest BCUT2D eigenvalue weighted by atomic mass is 79.9. The third-order valence-corrected chi connectivity index (χ3v) is 2.78. The quantitative estimate of drug-likeness (QED) is 0.861. The van der Waals surface area contributed by atoms with Crippen LogP contribution in [0.1, 0.15) is 10.4 Å². The van der Waals surface area contributed by atoms with Crippen molar-refractivity contribution in [3.63, 3.8) is 0 Å². The molecule has 0 amide bonds. The van der Waals surface area contributed by atoms with Gasteiger partial charge in [0.25, 0.3) is 0 Å². The van der Waals surface area contributed by atoms with Crippen LogP contribution in [0.3, 0.4) is 0 Å². The van der Waals surface area contributed by atoms with E-state index in [1.807, 2.05) is 0 Å². The summed E-state index contributed by atoms with van der Waals surface area (Å²) in [6.07, 6.45) is 0. The van der Waals surface area contributed by atoms with Gasteiger partial charge in [0.05, 0.1) is 0 Å². The molecule has 0 aliphatic heterocycles. The Hall–Kier alpha value is -1.42. The fourth-order valence-corrected chi connectivity index (χ4v) is 2.06. The molecule has 76 valence electrons. The van der Waals surface area contributed by atoms with Crippen LogP contribution in [0.25, 0.3) is 10.8 Å². The van der Waals surface area contributed by atoms with Crippen LogP contribution in [0, 0.1) is 5.82 Å². The Morgan fingerprint density at radius 2 is 2.00 bits per heavy atom. The molecule has 2 aromatic carbocycles. The summed E-state index contributed by atoms with van der Waals surface area (Å²) in [4.78, 5) is 10.8. The van der Waals surface area contributed by atoms with E-state index in [1.165, 1.54) is 0 Å². The average molecular weight is 269 g/mol. The summed E-state index contributed by atoms with van der Waals surface area (Å²) < 4.78 is 14.0. The van der Waals surface area contributed by atoms with Gasteiger partial charge in [0.1, 0.15) is 11.4 Å². The molecule has 0 radical (unpaired) electrons. The first kappa shape index (κ1) is 10.1. The fraction of sp³-hybridized carbons (Fsp3) is 0. The van der Waals surface area contributed by atoms with Gasteiger partial charge in [-0.3, -0.25) is 0 Å². The van der Waals surface area contributed by atoms with Crippen molar-refractivity contribution in [1.82, 2.24) is 0 Å². The molecular formula is C11H6BrFO2. The van der Waals surface area contributed by atoms with Crippen molar-refractivity contribution in [3.05, 3.63) is 46.2 Å². The molecule has 0 saturated carbocycles. The molecule has 0 aromatic heterocycles. The molecule has 0 aliphatic rings. The van der Waals surface area contributed by atoms with Crippen LogP contribution < -0.4 is 0 Å². The number of aromatic carboxylic acids is 1. The van der Waals surface area contributed by atoms with Gasteiger partial charge in [-0.2, -0.15) is 0 Å². The van der Waals surface area contributed by atoms with Crippen LogP contribution in [0.2, 0.25) is 0 Å². The number of halogens is 2. The predicted octanol–water partition coefficient (Wildman–Crippen LogP) is 3.44. The molecular weight excluding hydrogens is 263 g/mol. The summed E-state index contributed by atoms with van der Waals surface area (Å²) in [6.45, 7) is 0. The van der Waals surface area contributed by atoms with Gasteiger partial charge < -0.3 is 5.11 Å². The molecule has 15 heavy (non-hydrogen) atoms. The standard InChI is InChI=1S/C11H6BrFO2/c12-8-5-6-3-1-2-4-7(6)10(13)9(8)11(14)15/h1-5H,(H,14,15). The minimum atomic E-state index is -1.27. The number of hydrogen-bond acceptors (Lipinski definition) is 1. The zero-order valence-corrected chi connectivity index (χ0v) is 9.08. The van der Waals surface area contributed by atoms with Crippen molar-refractivity contribution in [2.45, 2.75) is 0 Å². The highest BCUT2D eigenvalue weighted by molar-refractivity contribution is 9.10. The molecule has 2 rings (SSSR count). The van der Waals surface area contributed by atoms with Crippen molar-refractivity contribution in [2.75, 3.05) is 0 Å². The zero-order chi connectivity index (χ0) is 11.0. The van der Waals surface area contributed by atoms with Crippen LogP contribution in [0.4, 0.5) is 4.39 Å². The van der Waals surface area contributed by atoms with E-state index >= 15 is 0 Å². The van der Waals surface area contributed by atoms with Crippen molar-refractivity contribution in [2.24, 2.45) is 0 Å². The lowest BCUT2D eigenvalue weighted by Gasteiger charge is -2.05. The Morgan fingerprint density at radius 1 is 1.33 bits per heavy atom. The van der Waals surface area contributed by atoms with E-state index in [9.17, 15) is 9.18 Å². The first-order chi connectivity index (χ1) is 7.11. The molecule has 4 heteroatoms. The lowest BCUT2D eigenvalue weighted by molar-refractivity contribution is 0.0691. The fourth-order valence-electron chi connectivity index (χ4n) is 1.47. The van der Waals surface area contributed by atoms with E-state index in [0.29, 0.717) is 10.8 Å². The van der Waals surface area contributed by atoms with E-state index in [-0.39, 0.29) is 10.0 Å². The Balaban J connectivity index is 2.90. The van der Waals surface area contributed by atoms with Crippen molar-refractivity contribution in [1.29, 1.82) is 0 Å². The molecule has 0 fully saturated rings. The lowest BCUT2D eigenvalue weighted by atomic mass is 10.1.